The highest BCUT2D eigenvalue weighted by Gasteiger charge is 2.14. The average molecular weight is 295 g/mol. The molecule has 2 heterocycles. The molecule has 2 aromatic rings. The third-order valence-corrected chi connectivity index (χ3v) is 4.38. The van der Waals surface area contributed by atoms with Crippen LogP contribution in [0.2, 0.25) is 0 Å². The number of aryl methyl sites for hydroxylation is 2. The van der Waals surface area contributed by atoms with E-state index in [-0.39, 0.29) is 5.91 Å². The first-order valence-corrected chi connectivity index (χ1v) is 7.79. The first kappa shape index (κ1) is 14.1. The van der Waals surface area contributed by atoms with Gasteiger partial charge in [0, 0.05) is 16.2 Å². The highest BCUT2D eigenvalue weighted by molar-refractivity contribution is 7.15. The number of anilines is 1. The van der Waals surface area contributed by atoms with Crippen molar-refractivity contribution >= 4 is 33.7 Å². The molecule has 2 aromatic heterocycles. The second-order valence-electron chi connectivity index (χ2n) is 4.88. The maximum atomic E-state index is 12.1. The highest BCUT2D eigenvalue weighted by Crippen LogP contribution is 2.23. The van der Waals surface area contributed by atoms with E-state index < -0.39 is 0 Å². The van der Waals surface area contributed by atoms with Crippen LogP contribution in [0, 0.1) is 19.8 Å². The Hall–Kier alpha value is -1.27. The van der Waals surface area contributed by atoms with Gasteiger partial charge in [-0.2, -0.15) is 0 Å². The van der Waals surface area contributed by atoms with Crippen LogP contribution in [0.25, 0.3) is 0 Å². The number of thiophene rings is 1. The van der Waals surface area contributed by atoms with E-state index in [1.165, 1.54) is 11.3 Å². The molecule has 0 saturated heterocycles. The molecule has 1 N–H and O–H groups in total. The number of carbonyl (C=O) groups is 1. The number of hydrogen-bond acceptors (Lipinski definition) is 5. The zero-order valence-corrected chi connectivity index (χ0v) is 13.1. The van der Waals surface area contributed by atoms with Gasteiger partial charge in [-0.15, -0.1) is 21.5 Å². The lowest BCUT2D eigenvalue weighted by Crippen LogP contribution is -2.11. The molecule has 0 aliphatic rings. The van der Waals surface area contributed by atoms with E-state index in [9.17, 15) is 4.79 Å². The summed E-state index contributed by atoms with van der Waals surface area (Å²) in [5.74, 6) is 0.437. The first-order chi connectivity index (χ1) is 8.95. The molecule has 102 valence electrons. The summed E-state index contributed by atoms with van der Waals surface area (Å²) in [5.41, 5.74) is 0.725. The number of amides is 1. The molecule has 0 fully saturated rings. The monoisotopic (exact) mass is 295 g/mol. The maximum Gasteiger partial charge on any atom is 0.258 e. The fourth-order valence-corrected chi connectivity index (χ4v) is 3.62. The van der Waals surface area contributed by atoms with Gasteiger partial charge in [-0.1, -0.05) is 25.2 Å². The number of nitrogens with zero attached hydrogens (tertiary/aromatic N) is 2. The van der Waals surface area contributed by atoms with Crippen molar-refractivity contribution in [2.24, 2.45) is 5.92 Å². The van der Waals surface area contributed by atoms with E-state index in [4.69, 9.17) is 0 Å². The van der Waals surface area contributed by atoms with Gasteiger partial charge in [0.1, 0.15) is 5.01 Å². The molecular formula is C13H17N3OS2. The van der Waals surface area contributed by atoms with Crippen LogP contribution in [0.1, 0.15) is 39.0 Å². The largest absolute Gasteiger partial charge is 0.296 e. The minimum absolute atomic E-state index is 0.103. The fourth-order valence-electron chi connectivity index (χ4n) is 1.76. The van der Waals surface area contributed by atoms with Crippen molar-refractivity contribution in [1.82, 2.24) is 10.2 Å². The number of hydrogen-bond donors (Lipinski definition) is 1. The highest BCUT2D eigenvalue weighted by atomic mass is 32.1. The summed E-state index contributed by atoms with van der Waals surface area (Å²) in [7, 11) is 0. The molecule has 0 bridgehead atoms. The molecule has 0 radical (unpaired) electrons. The second-order valence-corrected chi connectivity index (χ2v) is 7.40. The van der Waals surface area contributed by atoms with Crippen LogP contribution in [-0.2, 0) is 6.42 Å². The molecule has 2 rings (SSSR count). The Kier molecular flexibility index (Phi) is 4.31. The molecule has 19 heavy (non-hydrogen) atoms. The van der Waals surface area contributed by atoms with Crippen molar-refractivity contribution in [2.75, 3.05) is 5.32 Å². The summed E-state index contributed by atoms with van der Waals surface area (Å²) in [6.07, 6.45) is 0.893. The zero-order chi connectivity index (χ0) is 14.0. The maximum absolute atomic E-state index is 12.1. The van der Waals surface area contributed by atoms with Crippen molar-refractivity contribution in [2.45, 2.75) is 34.1 Å². The molecule has 0 saturated carbocycles. The summed E-state index contributed by atoms with van der Waals surface area (Å²) in [6, 6.07) is 1.91. The van der Waals surface area contributed by atoms with Crippen molar-refractivity contribution in [1.29, 1.82) is 0 Å². The Bertz CT molecular complexity index is 586. The molecule has 0 aromatic carbocycles. The summed E-state index contributed by atoms with van der Waals surface area (Å²) in [4.78, 5) is 14.3. The summed E-state index contributed by atoms with van der Waals surface area (Å²) in [5, 5.41) is 12.5. The molecule has 6 heteroatoms. The van der Waals surface area contributed by atoms with E-state index in [0.717, 1.165) is 26.7 Å². The number of rotatable bonds is 4. The van der Waals surface area contributed by atoms with Crippen LogP contribution in [0.15, 0.2) is 6.07 Å². The molecule has 0 unspecified atom stereocenters. The van der Waals surface area contributed by atoms with Crippen molar-refractivity contribution in [3.8, 4) is 0 Å². The fraction of sp³-hybridized carbons (Fsp3) is 0.462. The Morgan fingerprint density at radius 2 is 2.05 bits per heavy atom. The van der Waals surface area contributed by atoms with E-state index in [0.29, 0.717) is 11.0 Å². The second kappa shape index (κ2) is 5.79. The van der Waals surface area contributed by atoms with Crippen LogP contribution in [0.5, 0.6) is 0 Å². The van der Waals surface area contributed by atoms with Crippen molar-refractivity contribution < 1.29 is 4.79 Å². The van der Waals surface area contributed by atoms with Crippen LogP contribution in [0.4, 0.5) is 5.13 Å². The lowest BCUT2D eigenvalue weighted by molar-refractivity contribution is 0.102. The van der Waals surface area contributed by atoms with Gasteiger partial charge >= 0.3 is 0 Å². The predicted octanol–water partition coefficient (Wildman–Crippen LogP) is 3.67. The van der Waals surface area contributed by atoms with Gasteiger partial charge in [0.25, 0.3) is 5.91 Å². The normalized spacial score (nSPS) is 11.0. The van der Waals surface area contributed by atoms with Gasteiger partial charge in [-0.25, -0.2) is 0 Å². The zero-order valence-electron chi connectivity index (χ0n) is 11.5. The molecular weight excluding hydrogens is 278 g/mol. The molecule has 0 atom stereocenters. The number of carbonyl (C=O) groups excluding carboxylic acids is 1. The quantitative estimate of drug-likeness (QED) is 0.936. The minimum atomic E-state index is -0.103. The number of aromatic nitrogens is 2. The Labute approximate surface area is 120 Å². The van der Waals surface area contributed by atoms with E-state index in [1.807, 2.05) is 19.9 Å². The van der Waals surface area contributed by atoms with Crippen molar-refractivity contribution in [3.05, 3.63) is 26.4 Å². The van der Waals surface area contributed by atoms with Gasteiger partial charge in [-0.05, 0) is 25.8 Å². The van der Waals surface area contributed by atoms with Crippen LogP contribution in [0.3, 0.4) is 0 Å². The molecule has 1 amide bonds. The smallest absolute Gasteiger partial charge is 0.258 e. The lowest BCUT2D eigenvalue weighted by atomic mass is 10.1. The summed E-state index contributed by atoms with van der Waals surface area (Å²) < 4.78 is 0. The van der Waals surface area contributed by atoms with Crippen LogP contribution in [-0.4, -0.2) is 16.1 Å². The molecule has 0 aliphatic heterocycles. The first-order valence-electron chi connectivity index (χ1n) is 6.16. The summed E-state index contributed by atoms with van der Waals surface area (Å²) >= 11 is 3.07. The number of nitrogens with one attached hydrogen (secondary N) is 1. The van der Waals surface area contributed by atoms with Crippen LogP contribution < -0.4 is 5.32 Å². The van der Waals surface area contributed by atoms with E-state index >= 15 is 0 Å². The molecule has 0 spiro atoms. The average Bonchev–Trinajstić information content (AvgIpc) is 2.84. The summed E-state index contributed by atoms with van der Waals surface area (Å²) in [6.45, 7) is 8.23. The topological polar surface area (TPSA) is 54.9 Å². The van der Waals surface area contributed by atoms with Gasteiger partial charge in [0.15, 0.2) is 0 Å². The van der Waals surface area contributed by atoms with Gasteiger partial charge in [0.05, 0.1) is 5.56 Å². The Morgan fingerprint density at radius 3 is 2.63 bits per heavy atom. The minimum Gasteiger partial charge on any atom is -0.296 e. The van der Waals surface area contributed by atoms with Gasteiger partial charge < -0.3 is 0 Å². The van der Waals surface area contributed by atoms with E-state index in [1.54, 1.807) is 11.3 Å². The predicted molar refractivity (Wildman–Crippen MR) is 80.2 cm³/mol. The Balaban J connectivity index is 2.07. The third kappa shape index (κ3) is 3.61. The Morgan fingerprint density at radius 1 is 1.32 bits per heavy atom. The van der Waals surface area contributed by atoms with Crippen molar-refractivity contribution in [3.63, 3.8) is 0 Å². The molecule has 4 nitrogen and oxygen atoms in total. The van der Waals surface area contributed by atoms with Crippen LogP contribution >= 0.6 is 22.7 Å². The SMILES string of the molecule is Cc1cc(C(=O)Nc2nnc(CC(C)C)s2)c(C)s1. The standard InChI is InChI=1S/C13H17N3OS2/c1-7(2)5-11-15-16-13(19-11)14-12(17)10-6-8(3)18-9(10)4/h6-7H,5H2,1-4H3,(H,14,16,17). The lowest BCUT2D eigenvalue weighted by Gasteiger charge is -1.99. The van der Waals surface area contributed by atoms with Gasteiger partial charge in [0.2, 0.25) is 5.13 Å². The van der Waals surface area contributed by atoms with Gasteiger partial charge in [-0.3, -0.25) is 10.1 Å². The van der Waals surface area contributed by atoms with E-state index in [2.05, 4.69) is 29.4 Å². The molecule has 0 aliphatic carbocycles. The third-order valence-electron chi connectivity index (χ3n) is 2.56.